The van der Waals surface area contributed by atoms with E-state index in [2.05, 4.69) is 42.5 Å². The van der Waals surface area contributed by atoms with Crippen molar-refractivity contribution in [2.75, 3.05) is 0 Å². The SMILES string of the molecule is CC(=O)CCCCCc1ccc2ccccc2c1. The summed E-state index contributed by atoms with van der Waals surface area (Å²) in [5.74, 6) is 0.306. The number of carbonyl (C=O) groups excluding carboxylic acids is 1. The molecule has 0 heterocycles. The maximum Gasteiger partial charge on any atom is 0.129 e. The molecular formula is C17H20O. The monoisotopic (exact) mass is 240 g/mol. The van der Waals surface area contributed by atoms with Crippen LogP contribution in [0.25, 0.3) is 10.8 Å². The molecule has 2 rings (SSSR count). The van der Waals surface area contributed by atoms with E-state index in [4.69, 9.17) is 0 Å². The third kappa shape index (κ3) is 3.69. The van der Waals surface area contributed by atoms with Crippen LogP contribution in [-0.2, 0) is 11.2 Å². The molecule has 2 aromatic carbocycles. The fourth-order valence-electron chi connectivity index (χ4n) is 2.27. The molecule has 0 unspecified atom stereocenters. The topological polar surface area (TPSA) is 17.1 Å². The molecule has 0 aliphatic carbocycles. The number of unbranched alkanes of at least 4 members (excludes halogenated alkanes) is 2. The second-order valence-corrected chi connectivity index (χ2v) is 4.94. The number of aryl methyl sites for hydroxylation is 1. The number of Topliss-reactive ketones (excluding diaryl/α,β-unsaturated/α-hetero) is 1. The molecule has 0 aromatic heterocycles. The van der Waals surface area contributed by atoms with Crippen LogP contribution >= 0.6 is 0 Å². The third-order valence-corrected chi connectivity index (χ3v) is 3.31. The molecule has 0 aliphatic heterocycles. The van der Waals surface area contributed by atoms with Crippen molar-refractivity contribution in [1.29, 1.82) is 0 Å². The second-order valence-electron chi connectivity index (χ2n) is 4.94. The van der Waals surface area contributed by atoms with E-state index in [1.165, 1.54) is 22.8 Å². The molecule has 0 fully saturated rings. The molecule has 0 spiro atoms. The van der Waals surface area contributed by atoms with E-state index >= 15 is 0 Å². The molecule has 18 heavy (non-hydrogen) atoms. The smallest absolute Gasteiger partial charge is 0.129 e. The lowest BCUT2D eigenvalue weighted by molar-refractivity contribution is -0.117. The Bertz CT molecular complexity index is 528. The highest BCUT2D eigenvalue weighted by Crippen LogP contribution is 2.17. The molecule has 0 aliphatic rings. The van der Waals surface area contributed by atoms with Crippen LogP contribution in [0, 0.1) is 0 Å². The average molecular weight is 240 g/mol. The standard InChI is InChI=1S/C17H20O/c1-14(18)7-3-2-4-8-15-11-12-16-9-5-6-10-17(16)13-15/h5-6,9-13H,2-4,7-8H2,1H3. The number of rotatable bonds is 6. The number of fused-ring (bicyclic) bond motifs is 1. The van der Waals surface area contributed by atoms with Crippen molar-refractivity contribution in [3.8, 4) is 0 Å². The van der Waals surface area contributed by atoms with Crippen molar-refractivity contribution in [1.82, 2.24) is 0 Å². The first kappa shape index (κ1) is 12.8. The first-order valence-corrected chi connectivity index (χ1v) is 6.73. The molecule has 0 atom stereocenters. The summed E-state index contributed by atoms with van der Waals surface area (Å²) in [7, 11) is 0. The van der Waals surface area contributed by atoms with Gasteiger partial charge >= 0.3 is 0 Å². The van der Waals surface area contributed by atoms with E-state index in [1.807, 2.05) is 0 Å². The Hall–Kier alpha value is -1.63. The first-order valence-electron chi connectivity index (χ1n) is 6.73. The van der Waals surface area contributed by atoms with Gasteiger partial charge in [-0.1, -0.05) is 48.9 Å². The van der Waals surface area contributed by atoms with Gasteiger partial charge in [-0.05, 0) is 42.5 Å². The largest absolute Gasteiger partial charge is 0.300 e. The van der Waals surface area contributed by atoms with E-state index in [1.54, 1.807) is 6.92 Å². The van der Waals surface area contributed by atoms with E-state index < -0.39 is 0 Å². The zero-order chi connectivity index (χ0) is 12.8. The fourth-order valence-corrected chi connectivity index (χ4v) is 2.27. The zero-order valence-electron chi connectivity index (χ0n) is 11.0. The van der Waals surface area contributed by atoms with Crippen LogP contribution < -0.4 is 0 Å². The number of carbonyl (C=O) groups is 1. The summed E-state index contributed by atoms with van der Waals surface area (Å²) >= 11 is 0. The number of hydrogen-bond donors (Lipinski definition) is 0. The summed E-state index contributed by atoms with van der Waals surface area (Å²) in [5.41, 5.74) is 1.40. The molecule has 1 nitrogen and oxygen atoms in total. The van der Waals surface area contributed by atoms with Crippen LogP contribution in [0.4, 0.5) is 0 Å². The minimum atomic E-state index is 0.306. The van der Waals surface area contributed by atoms with Gasteiger partial charge in [0.2, 0.25) is 0 Å². The summed E-state index contributed by atoms with van der Waals surface area (Å²) in [4.78, 5) is 10.8. The molecule has 0 bridgehead atoms. The number of benzene rings is 2. The van der Waals surface area contributed by atoms with Crippen LogP contribution in [0.1, 0.15) is 38.2 Å². The summed E-state index contributed by atoms with van der Waals surface area (Å²) in [6, 6.07) is 15.1. The van der Waals surface area contributed by atoms with Gasteiger partial charge in [-0.3, -0.25) is 0 Å². The molecule has 2 aromatic rings. The highest BCUT2D eigenvalue weighted by molar-refractivity contribution is 5.82. The Kier molecular flexibility index (Phi) is 4.52. The molecule has 0 radical (unpaired) electrons. The van der Waals surface area contributed by atoms with Crippen molar-refractivity contribution < 1.29 is 4.79 Å². The van der Waals surface area contributed by atoms with Gasteiger partial charge in [-0.15, -0.1) is 0 Å². The molecule has 0 saturated carbocycles. The Morgan fingerprint density at radius 2 is 1.72 bits per heavy atom. The zero-order valence-corrected chi connectivity index (χ0v) is 11.0. The lowest BCUT2D eigenvalue weighted by Crippen LogP contribution is -1.91. The Balaban J connectivity index is 1.86. The lowest BCUT2D eigenvalue weighted by atomic mass is 10.0. The van der Waals surface area contributed by atoms with Gasteiger partial charge in [-0.2, -0.15) is 0 Å². The van der Waals surface area contributed by atoms with Gasteiger partial charge in [0, 0.05) is 6.42 Å². The molecule has 0 amide bonds. The fraction of sp³-hybridized carbons (Fsp3) is 0.353. The minimum Gasteiger partial charge on any atom is -0.300 e. The summed E-state index contributed by atoms with van der Waals surface area (Å²) < 4.78 is 0. The first-order chi connectivity index (χ1) is 8.75. The van der Waals surface area contributed by atoms with Crippen LogP contribution in [0.15, 0.2) is 42.5 Å². The van der Waals surface area contributed by atoms with Crippen LogP contribution in [0.2, 0.25) is 0 Å². The molecule has 1 heteroatoms. The summed E-state index contributed by atoms with van der Waals surface area (Å²) in [6.07, 6.45) is 5.20. The summed E-state index contributed by atoms with van der Waals surface area (Å²) in [5, 5.41) is 2.62. The van der Waals surface area contributed by atoms with Gasteiger partial charge in [0.1, 0.15) is 5.78 Å². The third-order valence-electron chi connectivity index (χ3n) is 3.31. The van der Waals surface area contributed by atoms with Crippen molar-refractivity contribution >= 4 is 16.6 Å². The Morgan fingerprint density at radius 1 is 0.944 bits per heavy atom. The Morgan fingerprint density at radius 3 is 2.50 bits per heavy atom. The van der Waals surface area contributed by atoms with Gasteiger partial charge < -0.3 is 4.79 Å². The van der Waals surface area contributed by atoms with E-state index in [9.17, 15) is 4.79 Å². The normalized spacial score (nSPS) is 10.7. The Labute approximate surface area is 109 Å². The van der Waals surface area contributed by atoms with Gasteiger partial charge in [0.25, 0.3) is 0 Å². The van der Waals surface area contributed by atoms with Gasteiger partial charge in [0.05, 0.1) is 0 Å². The highest BCUT2D eigenvalue weighted by Gasteiger charge is 1.98. The molecular weight excluding hydrogens is 220 g/mol. The van der Waals surface area contributed by atoms with Crippen LogP contribution in [0.5, 0.6) is 0 Å². The summed E-state index contributed by atoms with van der Waals surface area (Å²) in [6.45, 7) is 1.67. The average Bonchev–Trinajstić information content (AvgIpc) is 2.38. The number of ketones is 1. The van der Waals surface area contributed by atoms with E-state index in [-0.39, 0.29) is 0 Å². The highest BCUT2D eigenvalue weighted by atomic mass is 16.1. The quantitative estimate of drug-likeness (QED) is 0.678. The van der Waals surface area contributed by atoms with Crippen molar-refractivity contribution in [2.24, 2.45) is 0 Å². The number of hydrogen-bond acceptors (Lipinski definition) is 1. The van der Waals surface area contributed by atoms with Gasteiger partial charge in [0.15, 0.2) is 0 Å². The maximum absolute atomic E-state index is 10.8. The molecule has 0 N–H and O–H groups in total. The molecule has 94 valence electrons. The second kappa shape index (κ2) is 6.34. The predicted molar refractivity (Wildman–Crippen MR) is 76.8 cm³/mol. The minimum absolute atomic E-state index is 0.306. The van der Waals surface area contributed by atoms with Crippen molar-refractivity contribution in [3.05, 3.63) is 48.0 Å². The van der Waals surface area contributed by atoms with Crippen LogP contribution in [-0.4, -0.2) is 5.78 Å². The predicted octanol–water partition coefficient (Wildman–Crippen LogP) is 4.53. The van der Waals surface area contributed by atoms with E-state index in [0.29, 0.717) is 5.78 Å². The van der Waals surface area contributed by atoms with Crippen molar-refractivity contribution in [3.63, 3.8) is 0 Å². The maximum atomic E-state index is 10.8. The lowest BCUT2D eigenvalue weighted by Gasteiger charge is -2.03. The van der Waals surface area contributed by atoms with Crippen LogP contribution in [0.3, 0.4) is 0 Å². The van der Waals surface area contributed by atoms with Gasteiger partial charge in [-0.25, -0.2) is 0 Å². The van der Waals surface area contributed by atoms with E-state index in [0.717, 1.165) is 25.7 Å². The molecule has 0 saturated heterocycles. The van der Waals surface area contributed by atoms with Crippen molar-refractivity contribution in [2.45, 2.75) is 39.0 Å².